The fourth-order valence-electron chi connectivity index (χ4n) is 7.19. The maximum absolute atomic E-state index is 14.5. The van der Waals surface area contributed by atoms with E-state index < -0.39 is 59.7 Å². The molecule has 0 bridgehead atoms. The van der Waals surface area contributed by atoms with E-state index in [0.717, 1.165) is 27.2 Å². The number of amides is 5. The molecule has 60 heavy (non-hydrogen) atoms. The Hall–Kier alpha value is -7.08. The molecule has 0 aliphatic carbocycles. The van der Waals surface area contributed by atoms with E-state index in [2.05, 4.69) is 46.5 Å². The first-order valence-electron chi connectivity index (χ1n) is 19.7. The Kier molecular flexibility index (Phi) is 14.2. The highest BCUT2D eigenvalue weighted by molar-refractivity contribution is 5.97. The van der Waals surface area contributed by atoms with E-state index in [9.17, 15) is 28.8 Å². The van der Waals surface area contributed by atoms with Gasteiger partial charge in [-0.05, 0) is 47.2 Å². The normalized spacial score (nSPS) is 21.3. The summed E-state index contributed by atoms with van der Waals surface area (Å²) in [5.74, 6) is -4.10. The topological polar surface area (TPSA) is 297 Å². The zero-order valence-electron chi connectivity index (χ0n) is 32.9. The molecule has 1 aliphatic rings. The van der Waals surface area contributed by atoms with Gasteiger partial charge in [-0.25, -0.2) is 4.98 Å². The van der Waals surface area contributed by atoms with Crippen LogP contribution in [0.2, 0.25) is 0 Å². The number of hydrogen-bond acceptors (Lipinski definition) is 9. The van der Waals surface area contributed by atoms with Crippen LogP contribution in [0.5, 0.6) is 0 Å². The molecule has 314 valence electrons. The van der Waals surface area contributed by atoms with Crippen molar-refractivity contribution in [2.24, 2.45) is 22.2 Å². The van der Waals surface area contributed by atoms with Crippen molar-refractivity contribution in [3.8, 4) is 0 Å². The molecule has 6 rings (SSSR count). The molecule has 1 fully saturated rings. The lowest BCUT2D eigenvalue weighted by Gasteiger charge is -2.27. The van der Waals surface area contributed by atoms with Crippen molar-refractivity contribution in [2.75, 3.05) is 13.1 Å². The maximum Gasteiger partial charge on any atom is 0.243 e. The number of imidazole rings is 1. The molecule has 5 amide bonds. The van der Waals surface area contributed by atoms with Crippen LogP contribution in [0.15, 0.2) is 90.4 Å². The molecule has 18 heteroatoms. The lowest BCUT2D eigenvalue weighted by molar-refractivity contribution is -0.135. The van der Waals surface area contributed by atoms with Crippen molar-refractivity contribution in [3.05, 3.63) is 102 Å². The van der Waals surface area contributed by atoms with Crippen molar-refractivity contribution < 1.29 is 28.8 Å². The van der Waals surface area contributed by atoms with Gasteiger partial charge in [-0.15, -0.1) is 0 Å². The number of guanidine groups is 1. The molecule has 0 saturated carbocycles. The number of primary amides is 1. The predicted octanol–water partition coefficient (Wildman–Crippen LogP) is -0.129. The Labute approximate surface area is 345 Å². The second kappa shape index (κ2) is 20.1. The van der Waals surface area contributed by atoms with E-state index in [-0.39, 0.29) is 69.8 Å². The lowest BCUT2D eigenvalue weighted by atomic mass is 9.99. The minimum absolute atomic E-state index is 0.0110. The van der Waals surface area contributed by atoms with Gasteiger partial charge in [0.15, 0.2) is 5.96 Å². The van der Waals surface area contributed by atoms with Gasteiger partial charge in [-0.2, -0.15) is 0 Å². The van der Waals surface area contributed by atoms with E-state index in [1.165, 1.54) is 6.33 Å². The Morgan fingerprint density at radius 2 is 1.42 bits per heavy atom. The van der Waals surface area contributed by atoms with Crippen molar-refractivity contribution in [1.82, 2.24) is 41.5 Å². The van der Waals surface area contributed by atoms with Crippen LogP contribution >= 0.6 is 0 Å². The number of para-hydroxylation sites is 1. The molecule has 0 spiro atoms. The van der Waals surface area contributed by atoms with E-state index in [0.29, 0.717) is 11.3 Å². The van der Waals surface area contributed by atoms with Crippen molar-refractivity contribution in [1.29, 1.82) is 0 Å². The Morgan fingerprint density at radius 3 is 2.17 bits per heavy atom. The Morgan fingerprint density at radius 1 is 0.733 bits per heavy atom. The van der Waals surface area contributed by atoms with Crippen LogP contribution < -0.4 is 43.8 Å². The quantitative estimate of drug-likeness (QED) is 0.0479. The number of fused-ring (bicyclic) bond motifs is 2. The van der Waals surface area contributed by atoms with Crippen molar-refractivity contribution in [3.63, 3.8) is 0 Å². The summed E-state index contributed by atoms with van der Waals surface area (Å²) in [6.07, 6.45) is 4.82. The first-order chi connectivity index (χ1) is 28.9. The highest BCUT2D eigenvalue weighted by Gasteiger charge is 2.33. The van der Waals surface area contributed by atoms with Crippen molar-refractivity contribution >= 4 is 63.0 Å². The van der Waals surface area contributed by atoms with Gasteiger partial charge in [-0.3, -0.25) is 39.1 Å². The number of nitrogens with two attached hydrogens (primary N) is 3. The number of Topliss-reactive ketones (excluding diaryl/α,β-unsaturated/α-hetero) is 1. The van der Waals surface area contributed by atoms with Crippen LogP contribution in [0.25, 0.3) is 21.7 Å². The summed E-state index contributed by atoms with van der Waals surface area (Å²) in [6.45, 7) is -0.136. The second-order valence-electron chi connectivity index (χ2n) is 14.8. The fourth-order valence-corrected chi connectivity index (χ4v) is 7.19. The van der Waals surface area contributed by atoms with Gasteiger partial charge in [-0.1, -0.05) is 60.7 Å². The average Bonchev–Trinajstić information content (AvgIpc) is 3.91. The SMILES string of the molecule is NC(=O)[C@H]1CCC(=O)CN[C@@H](Cc2cnc[nH]2)C(=O)N[C@H](Cc2ccc3ccccc3c2)C(=O)N[C@@H](CCCN=C(N)N)C(=O)N[C@H](Cc2c[nH]c3ccccc23)C(=O)N1. The summed E-state index contributed by atoms with van der Waals surface area (Å²) >= 11 is 0. The first-order valence-corrected chi connectivity index (χ1v) is 19.7. The van der Waals surface area contributed by atoms with Crippen LogP contribution in [-0.4, -0.2) is 99.5 Å². The Bertz CT molecular complexity index is 2360. The number of carbonyl (C=O) groups excluding carboxylic acids is 6. The number of ketones is 1. The lowest BCUT2D eigenvalue weighted by Crippen LogP contribution is -2.60. The third-order valence-electron chi connectivity index (χ3n) is 10.4. The van der Waals surface area contributed by atoms with Crippen LogP contribution in [0.4, 0.5) is 0 Å². The standard InChI is InChI=1S/C42H50N12O6/c43-37(56)32-14-13-29(55)22-49-34(19-28-21-46-23-50-28)39(58)53-35(17-24-11-12-25-6-1-2-7-26(25)16-24)40(59)52-33(10-5-15-47-42(44)45)38(57)54-36(41(60)51-32)18-27-20-48-31-9-4-3-8-30(27)31/h1-4,6-9,11-12,16,20-21,23,32-36,48-49H,5,10,13-15,17-19,22H2,(H2,43,56)(H,46,50)(H,51,60)(H,52,59)(H,53,58)(H,54,57)(H4,44,45,47)/t32-,33+,34+,35-,36-/m1/s1. The number of nitrogens with zero attached hydrogens (tertiary/aromatic N) is 2. The number of aromatic nitrogens is 3. The Balaban J connectivity index is 1.36. The van der Waals surface area contributed by atoms with E-state index in [1.54, 1.807) is 12.4 Å². The number of nitrogens with one attached hydrogen (secondary N) is 7. The maximum atomic E-state index is 14.5. The molecule has 2 aromatic heterocycles. The molecular weight excluding hydrogens is 769 g/mol. The summed E-state index contributed by atoms with van der Waals surface area (Å²) in [7, 11) is 0. The highest BCUT2D eigenvalue weighted by atomic mass is 16.2. The van der Waals surface area contributed by atoms with Gasteiger partial charge in [0, 0.05) is 61.2 Å². The predicted molar refractivity (Wildman–Crippen MR) is 225 cm³/mol. The summed E-state index contributed by atoms with van der Waals surface area (Å²) in [6, 6.07) is 14.9. The molecule has 0 unspecified atom stereocenters. The molecule has 13 N–H and O–H groups in total. The number of H-pyrrole nitrogens is 2. The van der Waals surface area contributed by atoms with Gasteiger partial charge < -0.3 is 48.4 Å². The van der Waals surface area contributed by atoms with Gasteiger partial charge in [0.1, 0.15) is 30.0 Å². The molecule has 5 aromatic rings. The van der Waals surface area contributed by atoms with E-state index >= 15 is 0 Å². The van der Waals surface area contributed by atoms with Crippen LogP contribution in [0.3, 0.4) is 0 Å². The number of aromatic amines is 2. The molecule has 0 radical (unpaired) electrons. The van der Waals surface area contributed by atoms with E-state index in [1.807, 2.05) is 66.7 Å². The van der Waals surface area contributed by atoms with Gasteiger partial charge >= 0.3 is 0 Å². The number of carbonyl (C=O) groups is 6. The molecule has 5 atom stereocenters. The summed E-state index contributed by atoms with van der Waals surface area (Å²) in [5, 5.41) is 16.8. The molecule has 3 aromatic carbocycles. The molecule has 18 nitrogen and oxygen atoms in total. The van der Waals surface area contributed by atoms with Crippen LogP contribution in [-0.2, 0) is 48.0 Å². The van der Waals surface area contributed by atoms with E-state index in [4.69, 9.17) is 17.2 Å². The molecule has 3 heterocycles. The zero-order valence-corrected chi connectivity index (χ0v) is 32.9. The average molecular weight is 819 g/mol. The third-order valence-corrected chi connectivity index (χ3v) is 10.4. The number of aliphatic imine (C=N–C) groups is 1. The number of rotatable bonds is 11. The number of hydrogen-bond donors (Lipinski definition) is 10. The number of benzene rings is 3. The summed E-state index contributed by atoms with van der Waals surface area (Å²) < 4.78 is 0. The third kappa shape index (κ3) is 11.5. The van der Waals surface area contributed by atoms with Crippen LogP contribution in [0, 0.1) is 0 Å². The molecule has 1 saturated heterocycles. The summed E-state index contributed by atoms with van der Waals surface area (Å²) in [4.78, 5) is 97.1. The largest absolute Gasteiger partial charge is 0.370 e. The van der Waals surface area contributed by atoms with Gasteiger partial charge in [0.05, 0.1) is 18.9 Å². The minimum atomic E-state index is -1.27. The first kappa shape index (κ1) is 42.5. The van der Waals surface area contributed by atoms with Gasteiger partial charge in [0.2, 0.25) is 29.5 Å². The fraction of sp³-hybridized carbons (Fsp3) is 0.333. The highest BCUT2D eigenvalue weighted by Crippen LogP contribution is 2.20. The molecule has 1 aliphatic heterocycles. The monoisotopic (exact) mass is 818 g/mol. The molecular formula is C42H50N12O6. The smallest absolute Gasteiger partial charge is 0.243 e. The van der Waals surface area contributed by atoms with Crippen LogP contribution in [0.1, 0.15) is 42.5 Å². The van der Waals surface area contributed by atoms with Gasteiger partial charge in [0.25, 0.3) is 0 Å². The summed E-state index contributed by atoms with van der Waals surface area (Å²) in [5.41, 5.74) is 19.6. The minimum Gasteiger partial charge on any atom is -0.370 e. The second-order valence-corrected chi connectivity index (χ2v) is 14.8. The van der Waals surface area contributed by atoms with Crippen molar-refractivity contribution in [2.45, 2.75) is 75.2 Å². The zero-order chi connectivity index (χ0) is 42.6.